The van der Waals surface area contributed by atoms with Crippen LogP contribution in [0.5, 0.6) is 0 Å². The molecule has 1 unspecified atom stereocenters. The molecule has 9 heteroatoms. The molecule has 0 spiro atoms. The lowest BCUT2D eigenvalue weighted by atomic mass is 9.99. The number of rotatable bonds is 6. The summed E-state index contributed by atoms with van der Waals surface area (Å²) in [6.07, 6.45) is 0.369. The SMILES string of the molecule is CN(CC(=O)NC1(C(=O)O)CCSC1)c1ccccc1[N+](=O)[O-]. The van der Waals surface area contributed by atoms with E-state index < -0.39 is 22.3 Å². The number of thioether (sulfide) groups is 1. The lowest BCUT2D eigenvalue weighted by Gasteiger charge is -2.26. The van der Waals surface area contributed by atoms with Crippen molar-refractivity contribution in [2.75, 3.05) is 30.0 Å². The molecule has 1 saturated heterocycles. The third kappa shape index (κ3) is 3.73. The number of aliphatic carboxylic acids is 1. The molecule has 1 heterocycles. The van der Waals surface area contributed by atoms with Gasteiger partial charge in [-0.1, -0.05) is 12.1 Å². The van der Waals surface area contributed by atoms with E-state index in [-0.39, 0.29) is 12.2 Å². The molecule has 0 aromatic heterocycles. The summed E-state index contributed by atoms with van der Waals surface area (Å²) in [5.41, 5.74) is -1.05. The van der Waals surface area contributed by atoms with Gasteiger partial charge in [0.25, 0.3) is 5.69 Å². The normalized spacial score (nSPS) is 20.0. The highest BCUT2D eigenvalue weighted by molar-refractivity contribution is 7.99. The first-order valence-corrected chi connectivity index (χ1v) is 8.08. The van der Waals surface area contributed by atoms with Gasteiger partial charge in [0.2, 0.25) is 5.91 Å². The van der Waals surface area contributed by atoms with Crippen LogP contribution in [0.2, 0.25) is 0 Å². The summed E-state index contributed by atoms with van der Waals surface area (Å²) in [5, 5.41) is 22.9. The molecule has 1 aliphatic heterocycles. The molecule has 0 aliphatic carbocycles. The predicted octanol–water partition coefficient (Wildman–Crippen LogP) is 1.11. The van der Waals surface area contributed by atoms with E-state index in [4.69, 9.17) is 0 Å². The van der Waals surface area contributed by atoms with Gasteiger partial charge in [-0.05, 0) is 18.2 Å². The molecule has 0 saturated carbocycles. The van der Waals surface area contributed by atoms with Gasteiger partial charge < -0.3 is 15.3 Å². The second-order valence-corrected chi connectivity index (χ2v) is 6.45. The van der Waals surface area contributed by atoms with Crippen LogP contribution in [0.4, 0.5) is 11.4 Å². The maximum Gasteiger partial charge on any atom is 0.330 e. The first-order chi connectivity index (χ1) is 10.9. The monoisotopic (exact) mass is 339 g/mol. The summed E-state index contributed by atoms with van der Waals surface area (Å²) >= 11 is 1.47. The fourth-order valence-electron chi connectivity index (χ4n) is 2.43. The highest BCUT2D eigenvalue weighted by atomic mass is 32.2. The molecule has 23 heavy (non-hydrogen) atoms. The van der Waals surface area contributed by atoms with Crippen molar-refractivity contribution < 1.29 is 19.6 Å². The van der Waals surface area contributed by atoms with Crippen LogP contribution in [0, 0.1) is 10.1 Å². The van der Waals surface area contributed by atoms with Crippen LogP contribution in [-0.2, 0) is 9.59 Å². The van der Waals surface area contributed by atoms with Crippen LogP contribution < -0.4 is 10.2 Å². The molecule has 1 aromatic carbocycles. The Labute approximate surface area is 137 Å². The molecule has 1 aliphatic rings. The van der Waals surface area contributed by atoms with Crippen molar-refractivity contribution in [1.82, 2.24) is 5.32 Å². The number of para-hydroxylation sites is 2. The molecule has 2 rings (SSSR count). The fraction of sp³-hybridized carbons (Fsp3) is 0.429. The zero-order chi connectivity index (χ0) is 17.0. The number of carbonyl (C=O) groups is 2. The molecule has 0 radical (unpaired) electrons. The standard InChI is InChI=1S/C14H17N3O5S/c1-16(10-4-2-3-5-11(10)17(21)22)8-12(18)15-14(13(19)20)6-7-23-9-14/h2-5H,6-9H2,1H3,(H,15,18)(H,19,20). The van der Waals surface area contributed by atoms with Crippen molar-refractivity contribution in [2.24, 2.45) is 0 Å². The number of hydrogen-bond acceptors (Lipinski definition) is 6. The van der Waals surface area contributed by atoms with Crippen molar-refractivity contribution in [1.29, 1.82) is 0 Å². The molecule has 1 fully saturated rings. The minimum atomic E-state index is -1.24. The lowest BCUT2D eigenvalue weighted by Crippen LogP contribution is -2.56. The Hall–Kier alpha value is -2.29. The molecule has 2 N–H and O–H groups in total. The Bertz CT molecular complexity index is 631. The molecule has 1 atom stereocenters. The number of hydrogen-bond donors (Lipinski definition) is 2. The van der Waals surface area contributed by atoms with Crippen LogP contribution in [0.3, 0.4) is 0 Å². The molecular formula is C14H17N3O5S. The number of nitro groups is 1. The van der Waals surface area contributed by atoms with Crippen molar-refractivity contribution in [2.45, 2.75) is 12.0 Å². The number of likely N-dealkylation sites (N-methyl/N-ethyl adjacent to an activating group) is 1. The average Bonchev–Trinajstić information content (AvgIpc) is 2.96. The highest BCUT2D eigenvalue weighted by Gasteiger charge is 2.43. The van der Waals surface area contributed by atoms with Crippen LogP contribution >= 0.6 is 11.8 Å². The molecule has 1 aromatic rings. The summed E-state index contributed by atoms with van der Waals surface area (Å²) < 4.78 is 0. The zero-order valence-electron chi connectivity index (χ0n) is 12.5. The lowest BCUT2D eigenvalue weighted by molar-refractivity contribution is -0.384. The minimum Gasteiger partial charge on any atom is -0.479 e. The first-order valence-electron chi connectivity index (χ1n) is 6.92. The summed E-state index contributed by atoms with van der Waals surface area (Å²) in [5.74, 6) is -0.532. The maximum atomic E-state index is 12.2. The summed E-state index contributed by atoms with van der Waals surface area (Å²) in [6, 6.07) is 6.09. The average molecular weight is 339 g/mol. The quantitative estimate of drug-likeness (QED) is 0.589. The molecule has 8 nitrogen and oxygen atoms in total. The summed E-state index contributed by atoms with van der Waals surface area (Å²) in [6.45, 7) is -0.162. The van der Waals surface area contributed by atoms with Crippen molar-refractivity contribution >= 4 is 35.0 Å². The van der Waals surface area contributed by atoms with Crippen molar-refractivity contribution in [3.8, 4) is 0 Å². The Morgan fingerprint density at radius 1 is 1.48 bits per heavy atom. The van der Waals surface area contributed by atoms with E-state index in [0.717, 1.165) is 0 Å². The number of carbonyl (C=O) groups excluding carboxylic acids is 1. The second kappa shape index (κ2) is 6.86. The van der Waals surface area contributed by atoms with Gasteiger partial charge in [-0.25, -0.2) is 4.79 Å². The first kappa shape index (κ1) is 17.1. The molecule has 0 bridgehead atoms. The van der Waals surface area contributed by atoms with Gasteiger partial charge in [0.05, 0.1) is 11.5 Å². The second-order valence-electron chi connectivity index (χ2n) is 5.34. The van der Waals surface area contributed by atoms with Crippen LogP contribution in [0.25, 0.3) is 0 Å². The topological polar surface area (TPSA) is 113 Å². The van der Waals surface area contributed by atoms with Crippen LogP contribution in [0.15, 0.2) is 24.3 Å². The summed E-state index contributed by atoms with van der Waals surface area (Å²) in [4.78, 5) is 35.6. The molecular weight excluding hydrogens is 322 g/mol. The van der Waals surface area contributed by atoms with Crippen LogP contribution in [-0.4, -0.2) is 52.5 Å². The van der Waals surface area contributed by atoms with Crippen molar-refractivity contribution in [3.63, 3.8) is 0 Å². The number of benzene rings is 1. The van der Waals surface area contributed by atoms with E-state index in [1.165, 1.54) is 22.7 Å². The van der Waals surface area contributed by atoms with E-state index in [9.17, 15) is 24.8 Å². The van der Waals surface area contributed by atoms with E-state index in [1.807, 2.05) is 0 Å². The Kier molecular flexibility index (Phi) is 5.09. The van der Waals surface area contributed by atoms with Gasteiger partial charge in [-0.15, -0.1) is 0 Å². The Morgan fingerprint density at radius 2 is 2.17 bits per heavy atom. The largest absolute Gasteiger partial charge is 0.479 e. The van der Waals surface area contributed by atoms with Gasteiger partial charge in [-0.3, -0.25) is 14.9 Å². The van der Waals surface area contributed by atoms with E-state index in [2.05, 4.69) is 5.32 Å². The number of carboxylic acids is 1. The van der Waals surface area contributed by atoms with Crippen molar-refractivity contribution in [3.05, 3.63) is 34.4 Å². The van der Waals surface area contributed by atoms with E-state index in [1.54, 1.807) is 25.2 Å². The predicted molar refractivity (Wildman–Crippen MR) is 86.8 cm³/mol. The molecule has 124 valence electrons. The molecule has 1 amide bonds. The van der Waals surface area contributed by atoms with E-state index in [0.29, 0.717) is 23.6 Å². The number of anilines is 1. The van der Waals surface area contributed by atoms with Crippen LogP contribution in [0.1, 0.15) is 6.42 Å². The Balaban J connectivity index is 2.08. The minimum absolute atomic E-state index is 0.104. The van der Waals surface area contributed by atoms with Gasteiger partial charge in [-0.2, -0.15) is 11.8 Å². The number of nitrogens with zero attached hydrogens (tertiary/aromatic N) is 2. The van der Waals surface area contributed by atoms with Gasteiger partial charge in [0.15, 0.2) is 0 Å². The maximum absolute atomic E-state index is 12.2. The van der Waals surface area contributed by atoms with Gasteiger partial charge in [0.1, 0.15) is 11.2 Å². The highest BCUT2D eigenvalue weighted by Crippen LogP contribution is 2.29. The smallest absolute Gasteiger partial charge is 0.330 e. The number of nitrogens with one attached hydrogen (secondary N) is 1. The number of nitro benzene ring substituents is 1. The van der Waals surface area contributed by atoms with E-state index >= 15 is 0 Å². The summed E-state index contributed by atoms with van der Waals surface area (Å²) in [7, 11) is 1.55. The zero-order valence-corrected chi connectivity index (χ0v) is 13.3. The fourth-order valence-corrected chi connectivity index (χ4v) is 3.76. The third-order valence-corrected chi connectivity index (χ3v) is 4.87. The van der Waals surface area contributed by atoms with Gasteiger partial charge in [0, 0.05) is 18.9 Å². The Morgan fingerprint density at radius 3 is 2.74 bits per heavy atom. The van der Waals surface area contributed by atoms with Gasteiger partial charge >= 0.3 is 5.97 Å². The number of carboxylic acid groups (broad SMARTS) is 1. The number of amides is 1. The third-order valence-electron chi connectivity index (χ3n) is 3.68.